The second-order valence-electron chi connectivity index (χ2n) is 8.83. The highest BCUT2D eigenvalue weighted by Crippen LogP contribution is 2.27. The van der Waals surface area contributed by atoms with E-state index >= 15 is 0 Å². The molecule has 41 heavy (non-hydrogen) atoms. The smallest absolute Gasteiger partial charge is 0.390 e. The van der Waals surface area contributed by atoms with Crippen LogP contribution in [-0.4, -0.2) is 65.2 Å². The summed E-state index contributed by atoms with van der Waals surface area (Å²) in [5.41, 5.74) is 9.53. The number of hydrogen-bond acceptors (Lipinski definition) is 6. The van der Waals surface area contributed by atoms with Crippen LogP contribution < -0.4 is 11.1 Å². The zero-order chi connectivity index (χ0) is 31.2. The van der Waals surface area contributed by atoms with Crippen molar-refractivity contribution in [2.45, 2.75) is 58.7 Å². The maximum Gasteiger partial charge on any atom is 0.390 e. The van der Waals surface area contributed by atoms with Gasteiger partial charge < -0.3 is 21.3 Å². The van der Waals surface area contributed by atoms with Crippen LogP contribution in [-0.2, 0) is 0 Å². The highest BCUT2D eigenvalue weighted by Gasteiger charge is 2.31. The monoisotopic (exact) mass is 597 g/mol. The number of nitrogens with two attached hydrogens (primary N) is 1. The fourth-order valence-corrected chi connectivity index (χ4v) is 4.03. The molecule has 1 unspecified atom stereocenters. The molecule has 1 aliphatic rings. The van der Waals surface area contributed by atoms with E-state index in [2.05, 4.69) is 10.3 Å². The molecule has 2 aromatic rings. The van der Waals surface area contributed by atoms with Crippen molar-refractivity contribution >= 4 is 34.9 Å². The summed E-state index contributed by atoms with van der Waals surface area (Å²) < 4.78 is 38.8. The van der Waals surface area contributed by atoms with Gasteiger partial charge in [0.2, 0.25) is 0 Å². The highest BCUT2D eigenvalue weighted by molar-refractivity contribution is 6.30. The van der Waals surface area contributed by atoms with Gasteiger partial charge in [-0.1, -0.05) is 61.3 Å². The molecule has 1 atom stereocenters. The standard InChI is InChI=1S/C26H29ClF3N5O2.C2H6.CH4O/c1-16-5-7-17(8-6-16)24(32)35(12-11-26(28,29)30)25(37)33-15-22(31)21-14-20(36)9-10-23(21)34-19-4-2-3-18(27)13-19;2*1-2/h2-8,13,20,32,36H,9-12,14-15,31H2,1H3,(H,33,37);1-2H3;2H,1H3/b22-21-,32-24?,34-23?;;. The number of amidine groups is 1. The maximum absolute atomic E-state index is 12.9. The molecule has 0 bridgehead atoms. The quantitative estimate of drug-likeness (QED) is 0.203. The first kappa shape index (κ1) is 35.6. The zero-order valence-electron chi connectivity index (χ0n) is 23.7. The van der Waals surface area contributed by atoms with Gasteiger partial charge in [0.1, 0.15) is 5.84 Å². The second kappa shape index (κ2) is 17.4. The number of aliphatic hydroxyl groups excluding tert-OH is 2. The Balaban J connectivity index is 0.00000201. The van der Waals surface area contributed by atoms with Crippen LogP contribution in [0.25, 0.3) is 0 Å². The average molecular weight is 598 g/mol. The Kier molecular flexibility index (Phi) is 15.1. The Hall–Kier alpha value is -3.41. The Labute approximate surface area is 244 Å². The number of halogens is 4. The van der Waals surface area contributed by atoms with Crippen molar-refractivity contribution in [2.24, 2.45) is 10.7 Å². The van der Waals surface area contributed by atoms with E-state index in [0.29, 0.717) is 40.4 Å². The summed E-state index contributed by atoms with van der Waals surface area (Å²) in [5.74, 6) is -0.357. The molecule has 8 nitrogen and oxygen atoms in total. The number of benzene rings is 2. The van der Waals surface area contributed by atoms with Gasteiger partial charge in [-0.25, -0.2) is 4.79 Å². The molecular formula is C29H39ClF3N5O3. The molecule has 0 aliphatic heterocycles. The number of hydrogen-bond donors (Lipinski definition) is 5. The van der Waals surface area contributed by atoms with E-state index in [-0.39, 0.29) is 24.5 Å². The third kappa shape index (κ3) is 11.9. The first-order valence-electron chi connectivity index (χ1n) is 13.1. The summed E-state index contributed by atoms with van der Waals surface area (Å²) in [6.07, 6.45) is -5.25. The van der Waals surface area contributed by atoms with Crippen molar-refractivity contribution in [3.8, 4) is 0 Å². The van der Waals surface area contributed by atoms with E-state index in [0.717, 1.165) is 17.6 Å². The van der Waals surface area contributed by atoms with E-state index in [1.54, 1.807) is 48.5 Å². The van der Waals surface area contributed by atoms with Gasteiger partial charge in [0.05, 0.1) is 24.8 Å². The zero-order valence-corrected chi connectivity index (χ0v) is 24.5. The van der Waals surface area contributed by atoms with Gasteiger partial charge >= 0.3 is 12.2 Å². The van der Waals surface area contributed by atoms with Crippen LogP contribution >= 0.6 is 11.6 Å². The number of aliphatic hydroxyl groups is 2. The van der Waals surface area contributed by atoms with Gasteiger partial charge in [-0.2, -0.15) is 13.2 Å². The molecule has 0 aromatic heterocycles. The number of rotatable bonds is 6. The molecule has 6 N–H and O–H groups in total. The molecule has 226 valence electrons. The van der Waals surface area contributed by atoms with Gasteiger partial charge in [-0.3, -0.25) is 15.3 Å². The van der Waals surface area contributed by atoms with Crippen molar-refractivity contribution in [2.75, 3.05) is 20.2 Å². The van der Waals surface area contributed by atoms with Crippen LogP contribution in [0.15, 0.2) is 64.8 Å². The highest BCUT2D eigenvalue weighted by atomic mass is 35.5. The Morgan fingerprint density at radius 1 is 1.20 bits per heavy atom. The minimum atomic E-state index is -4.50. The summed E-state index contributed by atoms with van der Waals surface area (Å²) >= 11 is 6.04. The number of carbonyl (C=O) groups excluding carboxylic acids is 1. The van der Waals surface area contributed by atoms with Crippen LogP contribution in [0, 0.1) is 12.3 Å². The molecule has 1 aliphatic carbocycles. The van der Waals surface area contributed by atoms with Crippen molar-refractivity contribution in [1.82, 2.24) is 10.2 Å². The molecule has 3 rings (SSSR count). The lowest BCUT2D eigenvalue weighted by Gasteiger charge is -2.26. The van der Waals surface area contributed by atoms with E-state index in [9.17, 15) is 23.1 Å². The van der Waals surface area contributed by atoms with Crippen molar-refractivity contribution in [3.05, 3.63) is 76.0 Å². The van der Waals surface area contributed by atoms with E-state index < -0.39 is 31.3 Å². The van der Waals surface area contributed by atoms with Crippen molar-refractivity contribution in [3.63, 3.8) is 0 Å². The van der Waals surface area contributed by atoms with Gasteiger partial charge in [-0.15, -0.1) is 0 Å². The van der Waals surface area contributed by atoms with Crippen LogP contribution in [0.2, 0.25) is 5.02 Å². The van der Waals surface area contributed by atoms with Crippen molar-refractivity contribution < 1.29 is 28.2 Å². The summed E-state index contributed by atoms with van der Waals surface area (Å²) in [7, 11) is 1.00. The summed E-state index contributed by atoms with van der Waals surface area (Å²) in [4.78, 5) is 18.3. The minimum Gasteiger partial charge on any atom is -0.400 e. The fraction of sp³-hybridized carbons (Fsp3) is 0.414. The average Bonchev–Trinajstić information content (AvgIpc) is 2.94. The number of aliphatic imine (C=N–C) groups is 1. The van der Waals surface area contributed by atoms with Crippen LogP contribution in [0.4, 0.5) is 23.7 Å². The molecule has 1 saturated carbocycles. The largest absolute Gasteiger partial charge is 0.400 e. The minimum absolute atomic E-state index is 0.195. The Morgan fingerprint density at radius 3 is 2.41 bits per heavy atom. The van der Waals surface area contributed by atoms with E-state index in [4.69, 9.17) is 27.9 Å². The SMILES string of the molecule is CC.CO.Cc1ccc(C(=N)N(CCC(F)(F)F)C(=O)NC/C(N)=C2\CC(O)CCC2=Nc2cccc(Cl)c2)cc1. The number of alkyl halides is 3. The molecule has 0 spiro atoms. The number of aryl methyl sites for hydroxylation is 1. The molecule has 0 radical (unpaired) electrons. The fourth-order valence-electron chi connectivity index (χ4n) is 3.84. The lowest BCUT2D eigenvalue weighted by atomic mass is 9.89. The Morgan fingerprint density at radius 2 is 1.83 bits per heavy atom. The van der Waals surface area contributed by atoms with E-state index in [1.165, 1.54) is 0 Å². The predicted molar refractivity (Wildman–Crippen MR) is 158 cm³/mol. The number of amides is 2. The number of nitrogens with one attached hydrogen (secondary N) is 2. The van der Waals surface area contributed by atoms with Gasteiger partial charge in [0.25, 0.3) is 0 Å². The summed E-state index contributed by atoms with van der Waals surface area (Å²) in [6, 6.07) is 12.6. The van der Waals surface area contributed by atoms with Gasteiger partial charge in [0.15, 0.2) is 0 Å². The number of carbonyl (C=O) groups is 1. The second-order valence-corrected chi connectivity index (χ2v) is 9.27. The van der Waals surface area contributed by atoms with Crippen LogP contribution in [0.5, 0.6) is 0 Å². The van der Waals surface area contributed by atoms with Gasteiger partial charge in [-0.05, 0) is 43.5 Å². The lowest BCUT2D eigenvalue weighted by molar-refractivity contribution is -0.135. The molecule has 2 amide bonds. The van der Waals surface area contributed by atoms with E-state index in [1.807, 2.05) is 20.8 Å². The lowest BCUT2D eigenvalue weighted by Crippen LogP contribution is -2.46. The normalized spacial score (nSPS) is 16.9. The third-order valence-electron chi connectivity index (χ3n) is 5.85. The molecule has 2 aromatic carbocycles. The first-order valence-corrected chi connectivity index (χ1v) is 13.5. The van der Waals surface area contributed by atoms with Crippen molar-refractivity contribution in [1.29, 1.82) is 5.41 Å². The number of urea groups is 1. The summed E-state index contributed by atoms with van der Waals surface area (Å²) in [5, 5.41) is 28.6. The molecular weight excluding hydrogens is 559 g/mol. The predicted octanol–water partition coefficient (Wildman–Crippen LogP) is 6.10. The van der Waals surface area contributed by atoms with Crippen LogP contribution in [0.1, 0.15) is 50.7 Å². The Bertz CT molecular complexity index is 1200. The topological polar surface area (TPSA) is 135 Å². The molecule has 12 heteroatoms. The first-order chi connectivity index (χ1) is 19.4. The van der Waals surface area contributed by atoms with Crippen LogP contribution in [0.3, 0.4) is 0 Å². The number of nitrogens with zero attached hydrogens (tertiary/aromatic N) is 2. The molecule has 0 heterocycles. The third-order valence-corrected chi connectivity index (χ3v) is 6.09. The summed E-state index contributed by atoms with van der Waals surface area (Å²) in [6.45, 7) is 4.92. The maximum atomic E-state index is 12.9. The van der Waals surface area contributed by atoms with Gasteiger partial charge in [0, 0.05) is 42.1 Å². The molecule has 1 fully saturated rings. The molecule has 0 saturated heterocycles.